The van der Waals surface area contributed by atoms with E-state index in [0.29, 0.717) is 6.54 Å². The topological polar surface area (TPSA) is 38.3 Å². The summed E-state index contributed by atoms with van der Waals surface area (Å²) >= 11 is 3.93. The molecule has 0 aliphatic heterocycles. The Kier molecular flexibility index (Phi) is 5.54. The molecular formula is C14H21NO2S. The molecule has 0 unspecified atom stereocenters. The third-order valence-electron chi connectivity index (χ3n) is 3.20. The van der Waals surface area contributed by atoms with E-state index in [9.17, 15) is 4.79 Å². The molecule has 0 aliphatic carbocycles. The quantitative estimate of drug-likeness (QED) is 0.803. The summed E-state index contributed by atoms with van der Waals surface area (Å²) < 4.78 is 5.39. The van der Waals surface area contributed by atoms with Gasteiger partial charge >= 0.3 is 0 Å². The molecule has 0 aromatic heterocycles. The Morgan fingerprint density at radius 1 is 1.33 bits per heavy atom. The van der Waals surface area contributed by atoms with E-state index in [1.807, 2.05) is 6.92 Å². The van der Waals surface area contributed by atoms with Gasteiger partial charge in [-0.3, -0.25) is 4.79 Å². The van der Waals surface area contributed by atoms with Crippen LogP contribution in [0.5, 0.6) is 5.75 Å². The molecule has 0 fully saturated rings. The van der Waals surface area contributed by atoms with Crippen molar-refractivity contribution in [3.8, 4) is 5.75 Å². The number of rotatable bonds is 5. The Morgan fingerprint density at radius 3 is 2.56 bits per heavy atom. The minimum atomic E-state index is -0.0297. The number of aryl methyl sites for hydroxylation is 1. The minimum absolute atomic E-state index is 0.0297. The number of thiol groups is 1. The molecule has 100 valence electrons. The molecule has 1 N–H and O–H groups in total. The average Bonchev–Trinajstić information content (AvgIpc) is 2.35. The van der Waals surface area contributed by atoms with Crippen molar-refractivity contribution in [1.29, 1.82) is 0 Å². The van der Waals surface area contributed by atoms with Crippen molar-refractivity contribution in [3.63, 3.8) is 0 Å². The number of benzene rings is 1. The summed E-state index contributed by atoms with van der Waals surface area (Å²) in [4.78, 5) is 11.1. The molecule has 1 rings (SSSR count). The molecular weight excluding hydrogens is 246 g/mol. The monoisotopic (exact) mass is 267 g/mol. The van der Waals surface area contributed by atoms with E-state index in [0.717, 1.165) is 17.7 Å². The smallest absolute Gasteiger partial charge is 0.229 e. The Bertz CT molecular complexity index is 444. The van der Waals surface area contributed by atoms with E-state index in [-0.39, 0.29) is 11.7 Å². The first-order valence-corrected chi connectivity index (χ1v) is 6.65. The van der Waals surface area contributed by atoms with Gasteiger partial charge in [0, 0.05) is 6.54 Å². The molecule has 0 radical (unpaired) electrons. The summed E-state index contributed by atoms with van der Waals surface area (Å²) in [5.41, 5.74) is 4.80. The molecule has 0 spiro atoms. The Hall–Kier alpha value is -1.16. The molecule has 0 saturated carbocycles. The van der Waals surface area contributed by atoms with Gasteiger partial charge in [-0.15, -0.1) is 0 Å². The normalized spacial score (nSPS) is 10.3. The van der Waals surface area contributed by atoms with E-state index in [1.165, 1.54) is 16.7 Å². The zero-order chi connectivity index (χ0) is 13.7. The van der Waals surface area contributed by atoms with Crippen molar-refractivity contribution in [1.82, 2.24) is 5.32 Å². The van der Waals surface area contributed by atoms with Gasteiger partial charge < -0.3 is 10.1 Å². The first kappa shape index (κ1) is 14.9. The highest BCUT2D eigenvalue weighted by atomic mass is 32.1. The van der Waals surface area contributed by atoms with E-state index in [1.54, 1.807) is 7.11 Å². The second-order valence-electron chi connectivity index (χ2n) is 4.39. The fourth-order valence-electron chi connectivity index (χ4n) is 2.11. The Balaban J connectivity index is 2.81. The number of hydrogen-bond acceptors (Lipinski definition) is 3. The molecule has 3 nitrogen and oxygen atoms in total. The fourth-order valence-corrected chi connectivity index (χ4v) is 2.22. The van der Waals surface area contributed by atoms with E-state index < -0.39 is 0 Å². The summed E-state index contributed by atoms with van der Waals surface area (Å²) in [6.07, 6.45) is 0.830. The first-order valence-electron chi connectivity index (χ1n) is 6.02. The third-order valence-corrected chi connectivity index (χ3v) is 3.49. The molecule has 18 heavy (non-hydrogen) atoms. The van der Waals surface area contributed by atoms with Crippen LogP contribution < -0.4 is 10.1 Å². The number of ether oxygens (including phenoxy) is 1. The maximum atomic E-state index is 11.1. The summed E-state index contributed by atoms with van der Waals surface area (Å²) in [7, 11) is 1.70. The van der Waals surface area contributed by atoms with Gasteiger partial charge in [-0.1, -0.05) is 6.07 Å². The number of carbonyl (C=O) groups is 1. The maximum Gasteiger partial charge on any atom is 0.229 e. The lowest BCUT2D eigenvalue weighted by atomic mass is 9.96. The van der Waals surface area contributed by atoms with Crippen LogP contribution >= 0.6 is 12.6 Å². The predicted octanol–water partition coefficient (Wildman–Crippen LogP) is 2.21. The molecule has 0 bridgehead atoms. The van der Waals surface area contributed by atoms with Crippen molar-refractivity contribution >= 4 is 18.5 Å². The van der Waals surface area contributed by atoms with Crippen LogP contribution in [0.4, 0.5) is 0 Å². The van der Waals surface area contributed by atoms with Gasteiger partial charge in [0.2, 0.25) is 5.91 Å². The summed E-state index contributed by atoms with van der Waals surface area (Å²) in [6.45, 7) is 6.84. The first-order chi connectivity index (χ1) is 8.51. The number of nitrogens with one attached hydrogen (secondary N) is 1. The van der Waals surface area contributed by atoms with Crippen molar-refractivity contribution in [2.45, 2.75) is 27.2 Å². The van der Waals surface area contributed by atoms with Gasteiger partial charge in [0.1, 0.15) is 5.75 Å². The van der Waals surface area contributed by atoms with Crippen LogP contribution in [0.15, 0.2) is 6.07 Å². The van der Waals surface area contributed by atoms with Crippen LogP contribution in [0, 0.1) is 20.8 Å². The number of hydrogen-bond donors (Lipinski definition) is 2. The van der Waals surface area contributed by atoms with Crippen LogP contribution in [-0.2, 0) is 11.2 Å². The molecule has 0 aliphatic rings. The minimum Gasteiger partial charge on any atom is -0.496 e. The van der Waals surface area contributed by atoms with Gasteiger partial charge in [0.25, 0.3) is 0 Å². The summed E-state index contributed by atoms with van der Waals surface area (Å²) in [5, 5.41) is 2.83. The molecule has 1 aromatic carbocycles. The van der Waals surface area contributed by atoms with Crippen molar-refractivity contribution in [3.05, 3.63) is 28.3 Å². The summed E-state index contributed by atoms with van der Waals surface area (Å²) in [5.74, 6) is 1.16. The van der Waals surface area contributed by atoms with E-state index >= 15 is 0 Å². The van der Waals surface area contributed by atoms with Crippen LogP contribution in [0.1, 0.15) is 22.3 Å². The predicted molar refractivity (Wildman–Crippen MR) is 77.8 cm³/mol. The van der Waals surface area contributed by atoms with Gasteiger partial charge in [0.05, 0.1) is 12.9 Å². The zero-order valence-corrected chi connectivity index (χ0v) is 12.4. The molecule has 0 saturated heterocycles. The second-order valence-corrected chi connectivity index (χ2v) is 4.71. The van der Waals surface area contributed by atoms with E-state index in [4.69, 9.17) is 4.74 Å². The maximum absolute atomic E-state index is 11.1. The van der Waals surface area contributed by atoms with Crippen LogP contribution in [0.2, 0.25) is 0 Å². The number of carbonyl (C=O) groups excluding carboxylic acids is 1. The van der Waals surface area contributed by atoms with Crippen molar-refractivity contribution < 1.29 is 9.53 Å². The standard InChI is InChI=1S/C14H21NO2S/c1-9-7-12(5-6-15-13(16)8-18)10(2)11(3)14(9)17-4/h7,18H,5-6,8H2,1-4H3,(H,15,16). The molecule has 4 heteroatoms. The zero-order valence-electron chi connectivity index (χ0n) is 11.5. The Morgan fingerprint density at radius 2 is 2.00 bits per heavy atom. The average molecular weight is 267 g/mol. The largest absolute Gasteiger partial charge is 0.496 e. The Labute approximate surface area is 114 Å². The van der Waals surface area contributed by atoms with Gasteiger partial charge in [-0.2, -0.15) is 12.6 Å². The highest BCUT2D eigenvalue weighted by Crippen LogP contribution is 2.28. The van der Waals surface area contributed by atoms with Crippen molar-refractivity contribution in [2.75, 3.05) is 19.4 Å². The van der Waals surface area contributed by atoms with Gasteiger partial charge in [0.15, 0.2) is 0 Å². The van der Waals surface area contributed by atoms with Crippen LogP contribution in [-0.4, -0.2) is 25.3 Å². The van der Waals surface area contributed by atoms with E-state index in [2.05, 4.69) is 37.9 Å². The van der Waals surface area contributed by atoms with Gasteiger partial charge in [-0.05, 0) is 49.4 Å². The number of amides is 1. The lowest BCUT2D eigenvalue weighted by Crippen LogP contribution is -2.26. The molecule has 1 amide bonds. The highest BCUT2D eigenvalue weighted by Gasteiger charge is 2.10. The fraction of sp³-hybridized carbons (Fsp3) is 0.500. The number of methoxy groups -OCH3 is 1. The lowest BCUT2D eigenvalue weighted by Gasteiger charge is -2.15. The summed E-state index contributed by atoms with van der Waals surface area (Å²) in [6, 6.07) is 2.13. The van der Waals surface area contributed by atoms with Crippen LogP contribution in [0.25, 0.3) is 0 Å². The SMILES string of the molecule is COc1c(C)cc(CCNC(=O)CS)c(C)c1C. The highest BCUT2D eigenvalue weighted by molar-refractivity contribution is 7.81. The molecule has 1 aromatic rings. The van der Waals surface area contributed by atoms with Gasteiger partial charge in [-0.25, -0.2) is 0 Å². The van der Waals surface area contributed by atoms with Crippen LogP contribution in [0.3, 0.4) is 0 Å². The molecule has 0 atom stereocenters. The third kappa shape index (κ3) is 3.42. The molecule has 0 heterocycles. The second kappa shape index (κ2) is 6.69. The van der Waals surface area contributed by atoms with Crippen molar-refractivity contribution in [2.24, 2.45) is 0 Å². The lowest BCUT2D eigenvalue weighted by molar-refractivity contribution is -0.118.